The van der Waals surface area contributed by atoms with Gasteiger partial charge in [0.15, 0.2) is 11.6 Å². The van der Waals surface area contributed by atoms with Gasteiger partial charge < -0.3 is 13.9 Å². The summed E-state index contributed by atoms with van der Waals surface area (Å²) >= 11 is 0. The number of aromatic nitrogens is 4. The topological polar surface area (TPSA) is 108 Å². The third kappa shape index (κ3) is 4.72. The van der Waals surface area contributed by atoms with Gasteiger partial charge in [-0.15, -0.1) is 0 Å². The highest BCUT2D eigenvalue weighted by molar-refractivity contribution is 7.92. The van der Waals surface area contributed by atoms with E-state index >= 15 is 0 Å². The van der Waals surface area contributed by atoms with Crippen LogP contribution in [0.2, 0.25) is 0 Å². The first-order chi connectivity index (χ1) is 15.7. The summed E-state index contributed by atoms with van der Waals surface area (Å²) < 4.78 is 50.6. The molecule has 0 bridgehead atoms. The molecule has 3 aromatic heterocycles. The van der Waals surface area contributed by atoms with Crippen LogP contribution in [0.15, 0.2) is 53.6 Å². The molecule has 4 aromatic rings. The molecule has 0 saturated carbocycles. The highest BCUT2D eigenvalue weighted by Gasteiger charge is 2.18. The SMILES string of the molecule is CCCS(=O)(=O)Nc1cc(-c2ccc(=O)n(C)c2)nc(Oc2c(F)ccc3ccn(C)c23)n1. The molecule has 3 heterocycles. The molecule has 0 spiro atoms. The number of anilines is 1. The molecule has 9 nitrogen and oxygen atoms in total. The van der Waals surface area contributed by atoms with Gasteiger partial charge in [0.2, 0.25) is 15.6 Å². The Morgan fingerprint density at radius 3 is 2.61 bits per heavy atom. The molecule has 0 saturated heterocycles. The van der Waals surface area contributed by atoms with Crippen LogP contribution < -0.4 is 15.0 Å². The summed E-state index contributed by atoms with van der Waals surface area (Å²) in [5.41, 5.74) is 1.10. The van der Waals surface area contributed by atoms with E-state index in [1.54, 1.807) is 50.1 Å². The van der Waals surface area contributed by atoms with Gasteiger partial charge in [0.1, 0.15) is 5.82 Å². The van der Waals surface area contributed by atoms with Crippen molar-refractivity contribution in [1.82, 2.24) is 19.1 Å². The van der Waals surface area contributed by atoms with Crippen LogP contribution in [-0.2, 0) is 24.1 Å². The first-order valence-electron chi connectivity index (χ1n) is 10.1. The van der Waals surface area contributed by atoms with Crippen LogP contribution >= 0.6 is 0 Å². The fraction of sp³-hybridized carbons (Fsp3) is 0.227. The van der Waals surface area contributed by atoms with Crippen LogP contribution in [0.4, 0.5) is 10.2 Å². The Morgan fingerprint density at radius 2 is 1.88 bits per heavy atom. The van der Waals surface area contributed by atoms with E-state index in [9.17, 15) is 17.6 Å². The van der Waals surface area contributed by atoms with E-state index in [0.717, 1.165) is 5.39 Å². The van der Waals surface area contributed by atoms with E-state index < -0.39 is 15.8 Å². The number of benzene rings is 1. The van der Waals surface area contributed by atoms with E-state index in [0.29, 0.717) is 23.2 Å². The van der Waals surface area contributed by atoms with Crippen LogP contribution in [0.1, 0.15) is 13.3 Å². The fourth-order valence-electron chi connectivity index (χ4n) is 3.41. The van der Waals surface area contributed by atoms with Gasteiger partial charge in [-0.05, 0) is 30.7 Å². The molecule has 0 unspecified atom stereocenters. The third-order valence-corrected chi connectivity index (χ3v) is 6.42. The van der Waals surface area contributed by atoms with Gasteiger partial charge in [-0.25, -0.2) is 12.8 Å². The van der Waals surface area contributed by atoms with Crippen molar-refractivity contribution in [3.63, 3.8) is 0 Å². The number of pyridine rings is 1. The van der Waals surface area contributed by atoms with Gasteiger partial charge in [0.05, 0.1) is 17.0 Å². The number of hydrogen-bond donors (Lipinski definition) is 1. The highest BCUT2D eigenvalue weighted by atomic mass is 32.2. The zero-order valence-corrected chi connectivity index (χ0v) is 19.1. The van der Waals surface area contributed by atoms with Gasteiger partial charge >= 0.3 is 6.01 Å². The molecule has 33 heavy (non-hydrogen) atoms. The maximum absolute atomic E-state index is 14.7. The van der Waals surface area contributed by atoms with Crippen molar-refractivity contribution in [2.75, 3.05) is 10.5 Å². The lowest BCUT2D eigenvalue weighted by Crippen LogP contribution is -2.17. The molecule has 1 N–H and O–H groups in total. The third-order valence-electron chi connectivity index (χ3n) is 4.96. The van der Waals surface area contributed by atoms with E-state index in [1.807, 2.05) is 6.07 Å². The van der Waals surface area contributed by atoms with Crippen LogP contribution in [0.3, 0.4) is 0 Å². The second-order valence-corrected chi connectivity index (χ2v) is 9.39. The molecule has 0 aliphatic heterocycles. The second kappa shape index (κ2) is 8.66. The number of nitrogens with zero attached hydrogens (tertiary/aromatic N) is 4. The number of fused-ring (bicyclic) bond motifs is 1. The van der Waals surface area contributed by atoms with Crippen molar-refractivity contribution in [3.05, 3.63) is 65.0 Å². The standard InChI is InChI=1S/C22H22FN5O4S/c1-4-11-33(30,31)26-18-12-17(15-6-8-19(29)28(3)13-15)24-22(25-18)32-21-16(23)7-5-14-9-10-27(2)20(14)21/h5-10,12-13H,4,11H2,1-3H3,(H,24,25,26). The Hall–Kier alpha value is -3.73. The van der Waals surface area contributed by atoms with Crippen molar-refractivity contribution in [2.24, 2.45) is 14.1 Å². The lowest BCUT2D eigenvalue weighted by Gasteiger charge is -2.13. The fourth-order valence-corrected chi connectivity index (χ4v) is 4.47. The molecule has 0 aliphatic carbocycles. The first kappa shape index (κ1) is 22.5. The van der Waals surface area contributed by atoms with E-state index in [4.69, 9.17) is 4.74 Å². The second-order valence-electron chi connectivity index (χ2n) is 7.55. The van der Waals surface area contributed by atoms with Gasteiger partial charge in [-0.1, -0.05) is 6.92 Å². The van der Waals surface area contributed by atoms with Gasteiger partial charge in [-0.2, -0.15) is 9.97 Å². The molecule has 0 radical (unpaired) electrons. The Kier molecular flexibility index (Phi) is 5.90. The van der Waals surface area contributed by atoms with E-state index in [-0.39, 0.29) is 28.9 Å². The number of rotatable bonds is 7. The molecule has 0 amide bonds. The largest absolute Gasteiger partial charge is 0.419 e. The van der Waals surface area contributed by atoms with Crippen molar-refractivity contribution in [2.45, 2.75) is 13.3 Å². The number of sulfonamides is 1. The summed E-state index contributed by atoms with van der Waals surface area (Å²) in [7, 11) is -0.323. The normalized spacial score (nSPS) is 11.6. The van der Waals surface area contributed by atoms with E-state index in [2.05, 4.69) is 14.7 Å². The van der Waals surface area contributed by atoms with Crippen LogP contribution in [0.5, 0.6) is 11.8 Å². The Bertz CT molecular complexity index is 1510. The minimum Gasteiger partial charge on any atom is -0.419 e. The molecule has 172 valence electrons. The Morgan fingerprint density at radius 1 is 1.09 bits per heavy atom. The van der Waals surface area contributed by atoms with E-state index in [1.165, 1.54) is 22.8 Å². The van der Waals surface area contributed by atoms with Crippen LogP contribution in [0, 0.1) is 5.82 Å². The van der Waals surface area contributed by atoms with Gasteiger partial charge in [0, 0.05) is 49.6 Å². The monoisotopic (exact) mass is 471 g/mol. The molecule has 11 heteroatoms. The number of halogens is 1. The minimum absolute atomic E-state index is 0.0308. The Balaban J connectivity index is 1.84. The zero-order chi connectivity index (χ0) is 23.8. The molecule has 4 rings (SSSR count). The van der Waals surface area contributed by atoms with Gasteiger partial charge in [-0.3, -0.25) is 9.52 Å². The van der Waals surface area contributed by atoms with Crippen LogP contribution in [-0.4, -0.2) is 33.3 Å². The van der Waals surface area contributed by atoms with Crippen molar-refractivity contribution in [1.29, 1.82) is 0 Å². The molecular formula is C22H22FN5O4S. The average Bonchev–Trinajstić information content (AvgIpc) is 3.12. The summed E-state index contributed by atoms with van der Waals surface area (Å²) in [6.07, 6.45) is 3.73. The predicted octanol–water partition coefficient (Wildman–Crippen LogP) is 3.42. The van der Waals surface area contributed by atoms with Crippen molar-refractivity contribution >= 4 is 26.7 Å². The van der Waals surface area contributed by atoms with Crippen LogP contribution in [0.25, 0.3) is 22.2 Å². The number of hydrogen-bond acceptors (Lipinski definition) is 6. The average molecular weight is 472 g/mol. The quantitative estimate of drug-likeness (QED) is 0.443. The molecular weight excluding hydrogens is 449 g/mol. The minimum atomic E-state index is -3.66. The summed E-state index contributed by atoms with van der Waals surface area (Å²) in [6.45, 7) is 1.74. The smallest absolute Gasteiger partial charge is 0.324 e. The van der Waals surface area contributed by atoms with Gasteiger partial charge in [0.25, 0.3) is 0 Å². The Labute approximate surface area is 189 Å². The predicted molar refractivity (Wildman–Crippen MR) is 123 cm³/mol. The number of nitrogens with one attached hydrogen (secondary N) is 1. The number of ether oxygens (including phenoxy) is 1. The summed E-state index contributed by atoms with van der Waals surface area (Å²) in [6, 6.07) is 8.82. The number of aryl methyl sites for hydroxylation is 2. The molecule has 0 aliphatic rings. The maximum Gasteiger partial charge on any atom is 0.324 e. The molecule has 1 aromatic carbocycles. The first-order valence-corrected chi connectivity index (χ1v) is 11.8. The zero-order valence-electron chi connectivity index (χ0n) is 18.2. The van der Waals surface area contributed by atoms with Crippen molar-refractivity contribution in [3.8, 4) is 23.0 Å². The lowest BCUT2D eigenvalue weighted by molar-refractivity contribution is 0.415. The summed E-state index contributed by atoms with van der Waals surface area (Å²) in [5.74, 6) is -0.829. The maximum atomic E-state index is 14.7. The lowest BCUT2D eigenvalue weighted by atomic mass is 10.2. The molecule has 0 fully saturated rings. The summed E-state index contributed by atoms with van der Waals surface area (Å²) in [5, 5.41) is 0.756. The molecule has 0 atom stereocenters. The summed E-state index contributed by atoms with van der Waals surface area (Å²) in [4.78, 5) is 20.3. The highest BCUT2D eigenvalue weighted by Crippen LogP contribution is 2.33. The van der Waals surface area contributed by atoms with Crippen molar-refractivity contribution < 1.29 is 17.5 Å².